The minimum atomic E-state index is -0.570. The van der Waals surface area contributed by atoms with Crippen LogP contribution >= 0.6 is 11.8 Å². The molecule has 0 radical (unpaired) electrons. The molecule has 1 aliphatic carbocycles. The maximum atomic E-state index is 13.9. The molecule has 0 bridgehead atoms. The number of nitrogens with one attached hydrogen (secondary N) is 2. The molecule has 2 aromatic rings. The third kappa shape index (κ3) is 6.97. The predicted octanol–water partition coefficient (Wildman–Crippen LogP) is 2.71. The Morgan fingerprint density at radius 3 is 2.64 bits per heavy atom. The summed E-state index contributed by atoms with van der Waals surface area (Å²) in [5.41, 5.74) is 1.31. The van der Waals surface area contributed by atoms with E-state index in [-0.39, 0.29) is 47.9 Å². The number of nitrogens with zero attached hydrogens (tertiary/aromatic N) is 3. The largest absolute Gasteiger partial charge is 0.474 e. The van der Waals surface area contributed by atoms with Gasteiger partial charge in [0.05, 0.1) is 19.3 Å². The van der Waals surface area contributed by atoms with Crippen molar-refractivity contribution in [3.05, 3.63) is 41.1 Å². The van der Waals surface area contributed by atoms with Crippen LogP contribution in [0.25, 0.3) is 0 Å². The number of carbonyl (C=O) groups excluding carboxylic acids is 2. The highest BCUT2D eigenvalue weighted by atomic mass is 32.2. The number of rotatable bonds is 9. The van der Waals surface area contributed by atoms with E-state index < -0.39 is 5.82 Å². The summed E-state index contributed by atoms with van der Waals surface area (Å²) in [5, 5.41) is 19.3. The lowest BCUT2D eigenvalue weighted by Crippen LogP contribution is -2.40. The number of aliphatic hydroxyl groups is 1. The second-order valence-corrected chi connectivity index (χ2v) is 10.7. The van der Waals surface area contributed by atoms with E-state index in [9.17, 15) is 14.0 Å². The molecule has 1 aliphatic heterocycles. The van der Waals surface area contributed by atoms with Crippen LogP contribution in [0.3, 0.4) is 0 Å². The molecule has 9 nitrogen and oxygen atoms in total. The zero-order valence-corrected chi connectivity index (χ0v) is 21.4. The summed E-state index contributed by atoms with van der Waals surface area (Å²) in [6, 6.07) is 2.96. The number of hydrogen-bond donors (Lipinski definition) is 3. The zero-order chi connectivity index (χ0) is 25.5. The molecule has 2 aliphatic rings. The van der Waals surface area contributed by atoms with Crippen molar-refractivity contribution in [1.29, 1.82) is 0 Å². The molecule has 0 atom stereocenters. The number of ether oxygens (including phenoxy) is 1. The van der Waals surface area contributed by atoms with Crippen LogP contribution in [0, 0.1) is 18.7 Å². The lowest BCUT2D eigenvalue weighted by Gasteiger charge is -2.29. The number of hydrogen-bond acceptors (Lipinski definition) is 7. The van der Waals surface area contributed by atoms with Gasteiger partial charge in [-0.05, 0) is 75.0 Å². The number of thioether (sulfide) groups is 1. The number of aromatic nitrogens is 3. The number of halogens is 1. The second-order valence-electron chi connectivity index (χ2n) is 9.45. The molecule has 3 heterocycles. The highest BCUT2D eigenvalue weighted by molar-refractivity contribution is 7.99. The molecule has 3 N–H and O–H groups in total. The van der Waals surface area contributed by atoms with Crippen LogP contribution < -0.4 is 15.4 Å². The third-order valence-corrected chi connectivity index (χ3v) is 7.82. The van der Waals surface area contributed by atoms with Crippen LogP contribution in [-0.4, -0.2) is 68.5 Å². The first-order valence-electron chi connectivity index (χ1n) is 12.6. The van der Waals surface area contributed by atoms with Crippen molar-refractivity contribution < 1.29 is 23.8 Å². The summed E-state index contributed by atoms with van der Waals surface area (Å²) in [6.45, 7) is 2.65. The summed E-state index contributed by atoms with van der Waals surface area (Å²) in [6.07, 6.45) is 6.16. The second kappa shape index (κ2) is 12.5. The third-order valence-electron chi connectivity index (χ3n) is 6.77. The van der Waals surface area contributed by atoms with Gasteiger partial charge in [0.1, 0.15) is 23.2 Å². The van der Waals surface area contributed by atoms with E-state index in [0.717, 1.165) is 61.9 Å². The Balaban J connectivity index is 1.24. The highest BCUT2D eigenvalue weighted by Crippen LogP contribution is 2.26. The predicted molar refractivity (Wildman–Crippen MR) is 135 cm³/mol. The van der Waals surface area contributed by atoms with E-state index >= 15 is 0 Å². The van der Waals surface area contributed by atoms with Gasteiger partial charge in [0, 0.05) is 18.3 Å². The van der Waals surface area contributed by atoms with Crippen molar-refractivity contribution in [2.45, 2.75) is 64.1 Å². The van der Waals surface area contributed by atoms with Gasteiger partial charge in [-0.15, -0.1) is 0 Å². The quantitative estimate of drug-likeness (QED) is 0.466. The van der Waals surface area contributed by atoms with E-state index in [1.165, 1.54) is 6.07 Å². The van der Waals surface area contributed by atoms with Crippen molar-refractivity contribution in [3.8, 4) is 5.88 Å². The van der Waals surface area contributed by atoms with Gasteiger partial charge in [0.15, 0.2) is 0 Å². The first-order chi connectivity index (χ1) is 17.4. The molecule has 11 heteroatoms. The maximum Gasteiger partial charge on any atom is 0.272 e. The molecule has 36 heavy (non-hydrogen) atoms. The molecule has 1 saturated heterocycles. The van der Waals surface area contributed by atoms with Gasteiger partial charge in [-0.2, -0.15) is 16.9 Å². The van der Waals surface area contributed by atoms with Crippen molar-refractivity contribution in [3.63, 3.8) is 0 Å². The van der Waals surface area contributed by atoms with Crippen LogP contribution in [-0.2, 0) is 6.54 Å². The van der Waals surface area contributed by atoms with Crippen LogP contribution in [0.2, 0.25) is 0 Å². The van der Waals surface area contributed by atoms with E-state index in [4.69, 9.17) is 9.84 Å². The van der Waals surface area contributed by atoms with Crippen molar-refractivity contribution in [2.24, 2.45) is 5.92 Å². The molecular formula is C25H34FN5O4S. The lowest BCUT2D eigenvalue weighted by molar-refractivity contribution is 0.0913. The van der Waals surface area contributed by atoms with E-state index in [1.54, 1.807) is 10.7 Å². The van der Waals surface area contributed by atoms with Gasteiger partial charge in [0.2, 0.25) is 5.88 Å². The number of aliphatic hydroxyl groups excluding tert-OH is 1. The topological polar surface area (TPSA) is 118 Å². The van der Waals surface area contributed by atoms with Crippen LogP contribution in [0.5, 0.6) is 5.88 Å². The van der Waals surface area contributed by atoms with Crippen molar-refractivity contribution in [2.75, 3.05) is 24.7 Å². The summed E-state index contributed by atoms with van der Waals surface area (Å²) in [4.78, 5) is 29.5. The van der Waals surface area contributed by atoms with E-state index in [2.05, 4.69) is 20.7 Å². The van der Waals surface area contributed by atoms with Gasteiger partial charge in [0.25, 0.3) is 11.8 Å². The molecule has 196 valence electrons. The zero-order valence-electron chi connectivity index (χ0n) is 20.5. The van der Waals surface area contributed by atoms with Crippen molar-refractivity contribution in [1.82, 2.24) is 25.4 Å². The average molecular weight is 520 g/mol. The first-order valence-corrected chi connectivity index (χ1v) is 13.7. The molecule has 2 aromatic heterocycles. The fourth-order valence-corrected chi connectivity index (χ4v) is 5.74. The van der Waals surface area contributed by atoms with Gasteiger partial charge < -0.3 is 20.5 Å². The molecule has 4 rings (SSSR count). The SMILES string of the molecule is Cc1cc(C(=O)NC2CCC(CNC(=O)c3cc(F)cnc3OC3CCSCC3)CC2)nn1CCO. The Labute approximate surface area is 214 Å². The monoisotopic (exact) mass is 519 g/mol. The van der Waals surface area contributed by atoms with Gasteiger partial charge in [-0.1, -0.05) is 0 Å². The Morgan fingerprint density at radius 1 is 1.17 bits per heavy atom. The van der Waals surface area contributed by atoms with Gasteiger partial charge in [-0.25, -0.2) is 9.37 Å². The van der Waals surface area contributed by atoms with Crippen LogP contribution in [0.15, 0.2) is 18.3 Å². The van der Waals surface area contributed by atoms with Gasteiger partial charge in [-0.3, -0.25) is 14.3 Å². The highest BCUT2D eigenvalue weighted by Gasteiger charge is 2.26. The molecule has 0 spiro atoms. The summed E-state index contributed by atoms with van der Waals surface area (Å²) >= 11 is 1.88. The summed E-state index contributed by atoms with van der Waals surface area (Å²) in [7, 11) is 0. The van der Waals surface area contributed by atoms with Crippen LogP contribution in [0.1, 0.15) is 65.1 Å². The summed E-state index contributed by atoms with van der Waals surface area (Å²) in [5.74, 6) is 1.30. The Kier molecular flexibility index (Phi) is 9.19. The molecule has 1 saturated carbocycles. The number of pyridine rings is 1. The molecular weight excluding hydrogens is 485 g/mol. The molecule has 2 fully saturated rings. The van der Waals surface area contributed by atoms with Gasteiger partial charge >= 0.3 is 0 Å². The number of amides is 2. The minimum absolute atomic E-state index is 0.00592. The molecule has 2 amide bonds. The number of carbonyl (C=O) groups is 2. The Morgan fingerprint density at radius 2 is 1.92 bits per heavy atom. The minimum Gasteiger partial charge on any atom is -0.474 e. The van der Waals surface area contributed by atoms with Crippen LogP contribution in [0.4, 0.5) is 4.39 Å². The fourth-order valence-electron chi connectivity index (χ4n) is 4.68. The van der Waals surface area contributed by atoms with E-state index in [0.29, 0.717) is 18.8 Å². The standard InChI is InChI=1S/C25H34FN5O4S/c1-16-12-22(30-31(16)8-9-32)24(34)29-19-4-2-17(3-5-19)14-27-23(33)21-13-18(26)15-28-25(21)35-20-6-10-36-11-7-20/h12-13,15,17,19-20,32H,2-11,14H2,1H3,(H,27,33)(H,29,34). The Bertz CT molecular complexity index is 1050. The first kappa shape index (κ1) is 26.4. The summed E-state index contributed by atoms with van der Waals surface area (Å²) < 4.78 is 21.4. The molecule has 0 aromatic carbocycles. The van der Waals surface area contributed by atoms with E-state index in [1.807, 2.05) is 18.7 Å². The smallest absolute Gasteiger partial charge is 0.272 e. The lowest BCUT2D eigenvalue weighted by atomic mass is 9.86. The maximum absolute atomic E-state index is 13.9. The Hall–Kier alpha value is -2.66. The number of aryl methyl sites for hydroxylation is 1. The molecule has 0 unspecified atom stereocenters. The fraction of sp³-hybridized carbons (Fsp3) is 0.600. The average Bonchev–Trinajstić information content (AvgIpc) is 3.25. The normalized spacial score (nSPS) is 20.6. The van der Waals surface area contributed by atoms with Crippen molar-refractivity contribution >= 4 is 23.6 Å².